The molecule has 4 aliphatic rings. The average molecular weight is 562 g/mol. The maximum absolute atomic E-state index is 11.0. The van der Waals surface area contributed by atoms with E-state index < -0.39 is 0 Å². The van der Waals surface area contributed by atoms with Crippen molar-refractivity contribution in [3.63, 3.8) is 0 Å². The fourth-order valence-electron chi connectivity index (χ4n) is 8.82. The van der Waals surface area contributed by atoms with Gasteiger partial charge in [-0.15, -0.1) is 11.3 Å². The molecule has 1 saturated heterocycles. The quantitative estimate of drug-likeness (QED) is 0.254. The van der Waals surface area contributed by atoms with Crippen molar-refractivity contribution < 1.29 is 19.3 Å². The van der Waals surface area contributed by atoms with Gasteiger partial charge in [0, 0.05) is 46.9 Å². The minimum absolute atomic E-state index is 0.0324. The molecule has 1 saturated carbocycles. The highest BCUT2D eigenvalue weighted by atomic mass is 32.1. The third-order valence-corrected chi connectivity index (χ3v) is 11.9. The van der Waals surface area contributed by atoms with Gasteiger partial charge >= 0.3 is 0 Å². The molecule has 2 aliphatic carbocycles. The number of fused-ring (bicyclic) bond motifs is 2. The molecule has 6 heteroatoms. The van der Waals surface area contributed by atoms with Gasteiger partial charge in [-0.2, -0.15) is 0 Å². The van der Waals surface area contributed by atoms with Crippen LogP contribution < -0.4 is 4.74 Å². The van der Waals surface area contributed by atoms with Gasteiger partial charge in [-0.3, -0.25) is 4.90 Å². The van der Waals surface area contributed by atoms with Crippen molar-refractivity contribution in [3.8, 4) is 11.5 Å². The van der Waals surface area contributed by atoms with Crippen molar-refractivity contribution in [3.05, 3.63) is 58.5 Å². The van der Waals surface area contributed by atoms with Gasteiger partial charge in [-0.05, 0) is 98.9 Å². The molecule has 1 N–H and O–H groups in total. The first kappa shape index (κ1) is 26.8. The van der Waals surface area contributed by atoms with Gasteiger partial charge in [0.15, 0.2) is 11.5 Å². The van der Waals surface area contributed by atoms with E-state index in [0.29, 0.717) is 12.6 Å². The zero-order valence-corrected chi connectivity index (χ0v) is 25.0. The Morgan fingerprint density at radius 2 is 2.05 bits per heavy atom. The molecule has 2 aliphatic heterocycles. The average Bonchev–Trinajstić information content (AvgIpc) is 3.57. The molecule has 3 aromatic rings. The van der Waals surface area contributed by atoms with Gasteiger partial charge in [0.2, 0.25) is 0 Å². The Morgan fingerprint density at radius 1 is 1.20 bits per heavy atom. The molecule has 5 nitrogen and oxygen atoms in total. The standard InChI is InChI=1S/C34H43NO4S/c1-4-33(14-7-17-38-21-26-18-24-8-5-6-9-28(24)40-26)29-19-25-12-13-27(36)31-30(25)34(33,32(39-31)22(2)37-3)15-16-35(29)20-23-10-11-23/h5-6,8-9,12-13,18,22-23,29,32,36H,4,7,10-11,14-17,19-21H2,1-3H3/t22?,29-,32+,33-,34+/m1/s1. The highest BCUT2D eigenvalue weighted by Crippen LogP contribution is 2.68. The lowest BCUT2D eigenvalue weighted by Gasteiger charge is -2.64. The number of ether oxygens (including phenoxy) is 3. The lowest BCUT2D eigenvalue weighted by Crippen LogP contribution is -2.71. The number of benzene rings is 2. The summed E-state index contributed by atoms with van der Waals surface area (Å²) in [7, 11) is 1.80. The Kier molecular flexibility index (Phi) is 6.89. The van der Waals surface area contributed by atoms with Crippen LogP contribution in [0.3, 0.4) is 0 Å². The summed E-state index contributed by atoms with van der Waals surface area (Å²) in [5.74, 6) is 1.86. The molecule has 2 fully saturated rings. The van der Waals surface area contributed by atoms with E-state index >= 15 is 0 Å². The summed E-state index contributed by atoms with van der Waals surface area (Å²) in [4.78, 5) is 4.13. The highest BCUT2D eigenvalue weighted by Gasteiger charge is 2.70. The first-order valence-corrected chi connectivity index (χ1v) is 16.2. The van der Waals surface area contributed by atoms with E-state index in [4.69, 9.17) is 14.2 Å². The summed E-state index contributed by atoms with van der Waals surface area (Å²) in [5.41, 5.74) is 2.52. The van der Waals surface area contributed by atoms with Gasteiger partial charge in [0.05, 0.1) is 12.7 Å². The molecule has 214 valence electrons. The number of nitrogens with zero attached hydrogens (tertiary/aromatic N) is 1. The van der Waals surface area contributed by atoms with Crippen LogP contribution in [0.25, 0.3) is 10.1 Å². The molecule has 3 heterocycles. The Labute approximate surface area is 242 Å². The molecule has 5 atom stereocenters. The number of hydrogen-bond acceptors (Lipinski definition) is 6. The number of methoxy groups -OCH3 is 1. The maximum atomic E-state index is 11.0. The summed E-state index contributed by atoms with van der Waals surface area (Å²) in [6.45, 7) is 8.29. The van der Waals surface area contributed by atoms with Crippen LogP contribution in [0.5, 0.6) is 11.5 Å². The Balaban J connectivity index is 1.19. The van der Waals surface area contributed by atoms with Crippen LogP contribution in [0, 0.1) is 11.3 Å². The SMILES string of the molecule is CC[C@@]1(CCCOCc2cc3ccccc3s2)[C@H]2Cc3ccc(O)c4c3[C@@]1(CCN2CC1CC1)[C@H](C(C)OC)O4. The predicted octanol–water partition coefficient (Wildman–Crippen LogP) is 7.07. The summed E-state index contributed by atoms with van der Waals surface area (Å²) in [6, 6.07) is 15.3. The number of hydrogen-bond donors (Lipinski definition) is 1. The van der Waals surface area contributed by atoms with Crippen molar-refractivity contribution >= 4 is 21.4 Å². The molecular formula is C34H43NO4S. The predicted molar refractivity (Wildman–Crippen MR) is 161 cm³/mol. The molecule has 2 bridgehead atoms. The molecule has 40 heavy (non-hydrogen) atoms. The van der Waals surface area contributed by atoms with Crippen LogP contribution in [0.1, 0.15) is 68.4 Å². The maximum Gasteiger partial charge on any atom is 0.165 e. The third-order valence-electron chi connectivity index (χ3n) is 10.8. The normalized spacial score (nSPS) is 29.9. The lowest BCUT2D eigenvalue weighted by molar-refractivity contribution is -0.135. The summed E-state index contributed by atoms with van der Waals surface area (Å²) < 4.78 is 20.4. The van der Waals surface area contributed by atoms with E-state index in [0.717, 1.165) is 56.9 Å². The van der Waals surface area contributed by atoms with E-state index in [-0.39, 0.29) is 28.8 Å². The minimum atomic E-state index is -0.172. The van der Waals surface area contributed by atoms with Gasteiger partial charge < -0.3 is 19.3 Å². The van der Waals surface area contributed by atoms with Crippen LogP contribution in [0.4, 0.5) is 0 Å². The van der Waals surface area contributed by atoms with Gasteiger partial charge in [0.1, 0.15) is 6.10 Å². The molecule has 0 amide bonds. The van der Waals surface area contributed by atoms with Crippen LogP contribution in [0.15, 0.2) is 42.5 Å². The molecule has 0 radical (unpaired) electrons. The van der Waals surface area contributed by atoms with Crippen molar-refractivity contribution in [1.29, 1.82) is 0 Å². The largest absolute Gasteiger partial charge is 0.504 e. The summed E-state index contributed by atoms with van der Waals surface area (Å²) in [6.07, 6.45) is 7.85. The third kappa shape index (κ3) is 4.05. The number of likely N-dealkylation sites (tertiary alicyclic amines) is 1. The molecule has 1 aromatic heterocycles. The van der Waals surface area contributed by atoms with Gasteiger partial charge in [-0.1, -0.05) is 31.2 Å². The van der Waals surface area contributed by atoms with Crippen molar-refractivity contribution in [2.75, 3.05) is 26.8 Å². The van der Waals surface area contributed by atoms with Crippen LogP contribution >= 0.6 is 11.3 Å². The number of phenolic OH excluding ortho intramolecular Hbond substituents is 1. The van der Waals surface area contributed by atoms with Gasteiger partial charge in [0.25, 0.3) is 0 Å². The van der Waals surface area contributed by atoms with Gasteiger partial charge in [-0.25, -0.2) is 0 Å². The Morgan fingerprint density at radius 3 is 2.83 bits per heavy atom. The Bertz CT molecular complexity index is 1350. The lowest BCUT2D eigenvalue weighted by atomic mass is 9.44. The minimum Gasteiger partial charge on any atom is -0.504 e. The first-order chi connectivity index (χ1) is 19.5. The molecule has 2 aromatic carbocycles. The second-order valence-electron chi connectivity index (χ2n) is 12.7. The smallest absolute Gasteiger partial charge is 0.165 e. The number of piperidine rings is 1. The fraction of sp³-hybridized carbons (Fsp3) is 0.588. The highest BCUT2D eigenvalue weighted by molar-refractivity contribution is 7.19. The second kappa shape index (κ2) is 10.3. The number of thiophene rings is 1. The van der Waals surface area contributed by atoms with Crippen LogP contribution in [-0.4, -0.2) is 55.1 Å². The fourth-order valence-corrected chi connectivity index (χ4v) is 9.83. The topological polar surface area (TPSA) is 51.2 Å². The molecule has 1 unspecified atom stereocenters. The zero-order valence-electron chi connectivity index (χ0n) is 24.2. The van der Waals surface area contributed by atoms with Crippen molar-refractivity contribution in [1.82, 2.24) is 4.90 Å². The van der Waals surface area contributed by atoms with Crippen LogP contribution in [0.2, 0.25) is 0 Å². The Hall–Kier alpha value is -2.12. The first-order valence-electron chi connectivity index (χ1n) is 15.3. The number of phenols is 1. The van der Waals surface area contributed by atoms with E-state index in [1.165, 1.54) is 45.5 Å². The summed E-state index contributed by atoms with van der Waals surface area (Å²) >= 11 is 1.84. The second-order valence-corrected chi connectivity index (χ2v) is 13.9. The van der Waals surface area contributed by atoms with E-state index in [1.54, 1.807) is 7.11 Å². The number of rotatable bonds is 11. The monoisotopic (exact) mass is 561 g/mol. The molecule has 1 spiro atoms. The molecular weight excluding hydrogens is 518 g/mol. The van der Waals surface area contributed by atoms with E-state index in [1.807, 2.05) is 17.4 Å². The van der Waals surface area contributed by atoms with E-state index in [9.17, 15) is 5.11 Å². The number of aromatic hydroxyl groups is 1. The van der Waals surface area contributed by atoms with E-state index in [2.05, 4.69) is 55.1 Å². The van der Waals surface area contributed by atoms with Crippen molar-refractivity contribution in [2.45, 2.75) is 89.1 Å². The van der Waals surface area contributed by atoms with Crippen molar-refractivity contribution in [2.24, 2.45) is 11.3 Å². The van der Waals surface area contributed by atoms with Crippen LogP contribution in [-0.2, 0) is 27.9 Å². The molecule has 7 rings (SSSR count). The zero-order chi connectivity index (χ0) is 27.5. The summed E-state index contributed by atoms with van der Waals surface area (Å²) in [5, 5.41) is 12.3.